The van der Waals surface area contributed by atoms with Crippen LogP contribution in [0, 0.1) is 0 Å². The molecular formula is C10H17N3O3S. The summed E-state index contributed by atoms with van der Waals surface area (Å²) in [4.78, 5) is 2.11. The lowest BCUT2D eigenvalue weighted by Crippen LogP contribution is -2.44. The molecule has 2 heterocycles. The number of aromatic nitrogens is 1. The zero-order chi connectivity index (χ0) is 12.3. The fraction of sp³-hybridized carbons (Fsp3) is 0.700. The van der Waals surface area contributed by atoms with Gasteiger partial charge in [-0.15, -0.1) is 0 Å². The van der Waals surface area contributed by atoms with Gasteiger partial charge >= 0.3 is 0 Å². The van der Waals surface area contributed by atoms with Gasteiger partial charge in [0.15, 0.2) is 5.76 Å². The summed E-state index contributed by atoms with van der Waals surface area (Å²) in [6.07, 6.45) is 4.58. The minimum atomic E-state index is -3.42. The van der Waals surface area contributed by atoms with Crippen LogP contribution in [0.5, 0.6) is 0 Å². The molecule has 1 saturated heterocycles. The highest BCUT2D eigenvalue weighted by molar-refractivity contribution is 7.89. The number of hydrogen-bond acceptors (Lipinski definition) is 5. The molecule has 1 aromatic rings. The predicted molar refractivity (Wildman–Crippen MR) is 62.5 cm³/mol. The Balaban J connectivity index is 2.02. The second-order valence-corrected chi connectivity index (χ2v) is 6.09. The van der Waals surface area contributed by atoms with Crippen molar-refractivity contribution in [2.45, 2.75) is 31.8 Å². The lowest BCUT2D eigenvalue weighted by Gasteiger charge is -2.34. The Morgan fingerprint density at radius 1 is 1.53 bits per heavy atom. The minimum absolute atomic E-state index is 0.0103. The van der Waals surface area contributed by atoms with E-state index >= 15 is 0 Å². The van der Waals surface area contributed by atoms with E-state index in [1.54, 1.807) is 12.3 Å². The Labute approximate surface area is 101 Å². The van der Waals surface area contributed by atoms with Crippen molar-refractivity contribution >= 4 is 10.0 Å². The van der Waals surface area contributed by atoms with E-state index in [1.165, 1.54) is 0 Å². The number of piperidine rings is 1. The van der Waals surface area contributed by atoms with E-state index in [9.17, 15) is 8.42 Å². The van der Waals surface area contributed by atoms with Crippen LogP contribution < -0.4 is 5.14 Å². The third kappa shape index (κ3) is 3.79. The first-order valence-electron chi connectivity index (χ1n) is 5.69. The third-order valence-electron chi connectivity index (χ3n) is 3.02. The average molecular weight is 259 g/mol. The van der Waals surface area contributed by atoms with E-state index in [2.05, 4.69) is 10.1 Å². The van der Waals surface area contributed by atoms with Crippen LogP contribution >= 0.6 is 0 Å². The summed E-state index contributed by atoms with van der Waals surface area (Å²) in [5.41, 5.74) is 0. The molecule has 0 saturated carbocycles. The zero-order valence-electron chi connectivity index (χ0n) is 9.58. The summed E-state index contributed by atoms with van der Waals surface area (Å²) < 4.78 is 27.4. The molecule has 1 aromatic heterocycles. The van der Waals surface area contributed by atoms with Gasteiger partial charge in [-0.25, -0.2) is 13.6 Å². The Hall–Kier alpha value is -0.920. The Bertz CT molecular complexity index is 443. The molecule has 1 unspecified atom stereocenters. The topological polar surface area (TPSA) is 89.4 Å². The fourth-order valence-corrected chi connectivity index (χ4v) is 3.16. The van der Waals surface area contributed by atoms with Crippen LogP contribution in [-0.4, -0.2) is 36.8 Å². The molecule has 6 nitrogen and oxygen atoms in total. The normalized spacial score (nSPS) is 22.8. The molecule has 1 aliphatic rings. The molecule has 1 aliphatic heterocycles. The quantitative estimate of drug-likeness (QED) is 0.841. The maximum Gasteiger partial charge on any atom is 0.210 e. The molecule has 2 rings (SSSR count). The number of hydrogen-bond donors (Lipinski definition) is 1. The van der Waals surface area contributed by atoms with Gasteiger partial charge in [0, 0.05) is 12.1 Å². The van der Waals surface area contributed by atoms with E-state index in [0.717, 1.165) is 31.6 Å². The first-order valence-corrected chi connectivity index (χ1v) is 7.40. The monoisotopic (exact) mass is 259 g/mol. The van der Waals surface area contributed by atoms with Crippen molar-refractivity contribution in [3.05, 3.63) is 18.0 Å². The number of nitrogens with two attached hydrogens (primary N) is 1. The first kappa shape index (κ1) is 12.5. The van der Waals surface area contributed by atoms with Crippen LogP contribution in [0.15, 0.2) is 16.8 Å². The van der Waals surface area contributed by atoms with E-state index in [4.69, 9.17) is 9.66 Å². The van der Waals surface area contributed by atoms with Crippen LogP contribution in [-0.2, 0) is 16.6 Å². The second-order valence-electron chi connectivity index (χ2n) is 4.43. The van der Waals surface area contributed by atoms with Gasteiger partial charge in [0.25, 0.3) is 0 Å². The van der Waals surface area contributed by atoms with Gasteiger partial charge in [0.1, 0.15) is 0 Å². The SMILES string of the molecule is NS(=O)(=O)CC1CCCCN1Cc1ccno1. The molecule has 0 amide bonds. The Morgan fingerprint density at radius 2 is 2.35 bits per heavy atom. The van der Waals surface area contributed by atoms with Crippen LogP contribution in [0.3, 0.4) is 0 Å². The zero-order valence-corrected chi connectivity index (χ0v) is 10.4. The maximum atomic E-state index is 11.2. The summed E-state index contributed by atoms with van der Waals surface area (Å²) in [5, 5.41) is 8.75. The molecule has 0 aromatic carbocycles. The van der Waals surface area contributed by atoms with Gasteiger partial charge in [-0.05, 0) is 19.4 Å². The number of likely N-dealkylation sites (tertiary alicyclic amines) is 1. The van der Waals surface area contributed by atoms with Gasteiger partial charge in [-0.1, -0.05) is 11.6 Å². The summed E-state index contributed by atoms with van der Waals surface area (Å²) >= 11 is 0. The molecule has 0 bridgehead atoms. The summed E-state index contributed by atoms with van der Waals surface area (Å²) in [7, 11) is -3.42. The third-order valence-corrected chi connectivity index (χ3v) is 3.87. The van der Waals surface area contributed by atoms with Gasteiger partial charge in [-0.3, -0.25) is 4.90 Å². The number of rotatable bonds is 4. The van der Waals surface area contributed by atoms with Gasteiger partial charge in [0.05, 0.1) is 18.5 Å². The smallest absolute Gasteiger partial charge is 0.210 e. The number of primary sulfonamides is 1. The summed E-state index contributed by atoms with van der Waals surface area (Å²) in [6, 6.07) is 1.78. The molecule has 0 spiro atoms. The van der Waals surface area contributed by atoms with Crippen LogP contribution in [0.1, 0.15) is 25.0 Å². The Morgan fingerprint density at radius 3 is 3.00 bits per heavy atom. The molecule has 2 N–H and O–H groups in total. The average Bonchev–Trinajstić information content (AvgIpc) is 2.71. The first-order chi connectivity index (χ1) is 8.04. The van der Waals surface area contributed by atoms with Crippen molar-refractivity contribution in [2.75, 3.05) is 12.3 Å². The van der Waals surface area contributed by atoms with E-state index in [1.807, 2.05) is 0 Å². The second kappa shape index (κ2) is 5.16. The highest BCUT2D eigenvalue weighted by atomic mass is 32.2. The molecule has 1 atom stereocenters. The predicted octanol–water partition coefficient (Wildman–Crippen LogP) is 0.318. The van der Waals surface area contributed by atoms with Crippen molar-refractivity contribution in [2.24, 2.45) is 5.14 Å². The van der Waals surface area contributed by atoms with Crippen molar-refractivity contribution in [3.8, 4) is 0 Å². The van der Waals surface area contributed by atoms with Crippen molar-refractivity contribution in [1.82, 2.24) is 10.1 Å². The lowest BCUT2D eigenvalue weighted by atomic mass is 10.0. The van der Waals surface area contributed by atoms with Crippen LogP contribution in [0.4, 0.5) is 0 Å². The largest absolute Gasteiger partial charge is 0.360 e. The van der Waals surface area contributed by atoms with Gasteiger partial charge < -0.3 is 4.52 Å². The molecule has 1 fully saturated rings. The van der Waals surface area contributed by atoms with E-state index in [-0.39, 0.29) is 11.8 Å². The summed E-state index contributed by atoms with van der Waals surface area (Å²) in [6.45, 7) is 1.47. The summed E-state index contributed by atoms with van der Waals surface area (Å²) in [5.74, 6) is 0.771. The highest BCUT2D eigenvalue weighted by Gasteiger charge is 2.26. The molecule has 96 valence electrons. The van der Waals surface area contributed by atoms with Crippen molar-refractivity contribution in [3.63, 3.8) is 0 Å². The minimum Gasteiger partial charge on any atom is -0.360 e. The molecule has 17 heavy (non-hydrogen) atoms. The van der Waals surface area contributed by atoms with Crippen LogP contribution in [0.2, 0.25) is 0 Å². The van der Waals surface area contributed by atoms with E-state index < -0.39 is 10.0 Å². The molecule has 0 aliphatic carbocycles. The molecule has 7 heteroatoms. The molecular weight excluding hydrogens is 242 g/mol. The highest BCUT2D eigenvalue weighted by Crippen LogP contribution is 2.20. The van der Waals surface area contributed by atoms with Gasteiger partial charge in [-0.2, -0.15) is 0 Å². The van der Waals surface area contributed by atoms with Crippen molar-refractivity contribution < 1.29 is 12.9 Å². The van der Waals surface area contributed by atoms with Gasteiger partial charge in [0.2, 0.25) is 10.0 Å². The number of nitrogens with zero attached hydrogens (tertiary/aromatic N) is 2. The fourth-order valence-electron chi connectivity index (χ4n) is 2.25. The standard InChI is InChI=1S/C10H17N3O3S/c11-17(14,15)8-9-3-1-2-6-13(9)7-10-4-5-12-16-10/h4-5,9H,1-3,6-8H2,(H2,11,14,15). The lowest BCUT2D eigenvalue weighted by molar-refractivity contribution is 0.139. The maximum absolute atomic E-state index is 11.2. The Kier molecular flexibility index (Phi) is 3.80. The van der Waals surface area contributed by atoms with Crippen LogP contribution in [0.25, 0.3) is 0 Å². The number of sulfonamides is 1. The molecule has 0 radical (unpaired) electrons. The van der Waals surface area contributed by atoms with E-state index in [0.29, 0.717) is 6.54 Å². The van der Waals surface area contributed by atoms with Crippen molar-refractivity contribution in [1.29, 1.82) is 0 Å².